The van der Waals surface area contributed by atoms with Crippen LogP contribution in [0.25, 0.3) is 22.5 Å². The van der Waals surface area contributed by atoms with Gasteiger partial charge in [0.1, 0.15) is 11.6 Å². The molecule has 3 aromatic heterocycles. The average molecular weight is 398 g/mol. The number of hydrogen-bond acceptors (Lipinski definition) is 6. The minimum atomic E-state index is -0.546. The van der Waals surface area contributed by atoms with Gasteiger partial charge in [-0.1, -0.05) is 0 Å². The van der Waals surface area contributed by atoms with Gasteiger partial charge in [-0.15, -0.1) is 0 Å². The molecule has 0 aliphatic heterocycles. The Kier molecular flexibility index (Phi) is 5.13. The minimum absolute atomic E-state index is 0.287. The molecule has 0 atom stereocenters. The summed E-state index contributed by atoms with van der Waals surface area (Å²) in [6, 6.07) is 5.83. The molecule has 0 amide bonds. The topological polar surface area (TPSA) is 106 Å². The molecule has 0 saturated carbocycles. The molecular formula is C20H19FN4O4. The highest BCUT2D eigenvalue weighted by Gasteiger charge is 2.14. The number of aromatic nitrogens is 4. The second-order valence-electron chi connectivity index (χ2n) is 6.59. The number of hydrogen-bond donors (Lipinski definition) is 2. The summed E-state index contributed by atoms with van der Waals surface area (Å²) >= 11 is 0. The molecule has 0 aliphatic rings. The van der Waals surface area contributed by atoms with Gasteiger partial charge in [0.15, 0.2) is 11.2 Å². The quantitative estimate of drug-likeness (QED) is 0.464. The number of aromatic amines is 1. The Morgan fingerprint density at radius 1 is 1.28 bits per heavy atom. The number of ether oxygens (including phenoxy) is 1. The van der Waals surface area contributed by atoms with Crippen molar-refractivity contribution in [2.24, 2.45) is 7.05 Å². The molecule has 9 heteroatoms. The molecular weight excluding hydrogens is 379 g/mol. The number of H-pyrrole nitrogens is 1. The van der Waals surface area contributed by atoms with E-state index in [1.807, 2.05) is 7.05 Å². The second-order valence-corrected chi connectivity index (χ2v) is 6.59. The fraction of sp³-hybridized carbons (Fsp3) is 0.250. The van der Waals surface area contributed by atoms with Crippen LogP contribution < -0.4 is 10.5 Å². The molecule has 0 fully saturated rings. The first-order valence-corrected chi connectivity index (χ1v) is 9.07. The number of aliphatic hydroxyl groups is 1. The Morgan fingerprint density at radius 3 is 2.97 bits per heavy atom. The first-order valence-electron chi connectivity index (χ1n) is 9.07. The third kappa shape index (κ3) is 3.90. The molecule has 4 aromatic rings. The fourth-order valence-electron chi connectivity index (χ4n) is 3.26. The van der Waals surface area contributed by atoms with Gasteiger partial charge in [0, 0.05) is 24.4 Å². The lowest BCUT2D eigenvalue weighted by Gasteiger charge is -2.10. The Labute approximate surface area is 164 Å². The lowest BCUT2D eigenvalue weighted by molar-refractivity contribution is 0.260. The summed E-state index contributed by atoms with van der Waals surface area (Å²) in [5.74, 6) is -0.488. The highest BCUT2D eigenvalue weighted by Crippen LogP contribution is 2.26. The first kappa shape index (κ1) is 18.9. The van der Waals surface area contributed by atoms with E-state index >= 15 is 0 Å². The van der Waals surface area contributed by atoms with E-state index in [4.69, 9.17) is 9.15 Å². The average Bonchev–Trinajstić information content (AvgIpc) is 3.26. The summed E-state index contributed by atoms with van der Waals surface area (Å²) in [5, 5.41) is 13.7. The molecule has 0 unspecified atom stereocenters. The Morgan fingerprint density at radius 2 is 2.14 bits per heavy atom. The summed E-state index contributed by atoms with van der Waals surface area (Å²) in [4.78, 5) is 18.1. The molecule has 0 saturated heterocycles. The van der Waals surface area contributed by atoms with Crippen LogP contribution >= 0.6 is 0 Å². The highest BCUT2D eigenvalue weighted by molar-refractivity contribution is 5.75. The number of aliphatic hydroxyl groups excluding tert-OH is 1. The number of aryl methyl sites for hydroxylation is 2. The van der Waals surface area contributed by atoms with Gasteiger partial charge in [-0.25, -0.2) is 14.2 Å². The fourth-order valence-corrected chi connectivity index (χ4v) is 3.26. The number of fused-ring (bicyclic) bond motifs is 1. The first-order chi connectivity index (χ1) is 14.0. The van der Waals surface area contributed by atoms with Crippen molar-refractivity contribution < 1.29 is 18.7 Å². The number of benzene rings is 1. The van der Waals surface area contributed by atoms with Crippen LogP contribution in [-0.4, -0.2) is 31.5 Å². The normalized spacial score (nSPS) is 11.3. The predicted octanol–water partition coefficient (Wildman–Crippen LogP) is 2.56. The van der Waals surface area contributed by atoms with Gasteiger partial charge < -0.3 is 14.3 Å². The van der Waals surface area contributed by atoms with Gasteiger partial charge in [-0.3, -0.25) is 9.67 Å². The van der Waals surface area contributed by atoms with Crippen LogP contribution in [0.5, 0.6) is 5.75 Å². The summed E-state index contributed by atoms with van der Waals surface area (Å²) in [6.07, 6.45) is 4.82. The standard InChI is InChI=1S/C20H19FN4O4/c1-25-18(13-8-17-19(22-9-13)24-20(27)29-17)12(10-23-25)3-2-6-28-16-5-4-15(21)7-14(16)11-26/h4-5,7-10,26H,2-3,6,11H2,1H3,(H,22,24,27). The third-order valence-electron chi connectivity index (χ3n) is 4.60. The monoisotopic (exact) mass is 398 g/mol. The molecule has 29 heavy (non-hydrogen) atoms. The van der Waals surface area contributed by atoms with E-state index in [0.717, 1.165) is 16.8 Å². The van der Waals surface area contributed by atoms with Crippen LogP contribution in [-0.2, 0) is 20.1 Å². The summed E-state index contributed by atoms with van der Waals surface area (Å²) < 4.78 is 25.8. The summed E-state index contributed by atoms with van der Waals surface area (Å²) in [7, 11) is 1.83. The zero-order valence-corrected chi connectivity index (χ0v) is 15.7. The van der Waals surface area contributed by atoms with Crippen LogP contribution in [0.15, 0.2) is 45.9 Å². The molecule has 0 aliphatic carbocycles. The van der Waals surface area contributed by atoms with Crippen molar-refractivity contribution in [2.45, 2.75) is 19.4 Å². The van der Waals surface area contributed by atoms with Gasteiger partial charge >= 0.3 is 5.76 Å². The molecule has 4 rings (SSSR count). The lowest BCUT2D eigenvalue weighted by atomic mass is 10.1. The van der Waals surface area contributed by atoms with Gasteiger partial charge in [0.05, 0.1) is 25.1 Å². The van der Waals surface area contributed by atoms with Gasteiger partial charge in [-0.05, 0) is 42.7 Å². The molecule has 8 nitrogen and oxygen atoms in total. The minimum Gasteiger partial charge on any atom is -0.493 e. The number of nitrogens with one attached hydrogen (secondary N) is 1. The zero-order valence-electron chi connectivity index (χ0n) is 15.7. The maximum atomic E-state index is 13.2. The molecule has 150 valence electrons. The van der Waals surface area contributed by atoms with Crippen molar-refractivity contribution in [3.8, 4) is 17.0 Å². The summed E-state index contributed by atoms with van der Waals surface area (Å²) in [6.45, 7) is 0.113. The van der Waals surface area contributed by atoms with Crippen molar-refractivity contribution in [3.05, 3.63) is 64.2 Å². The Balaban J connectivity index is 1.47. The van der Waals surface area contributed by atoms with E-state index in [-0.39, 0.29) is 6.61 Å². The number of nitrogens with zero attached hydrogens (tertiary/aromatic N) is 3. The maximum Gasteiger partial charge on any atom is 0.418 e. The van der Waals surface area contributed by atoms with Crippen molar-refractivity contribution in [3.63, 3.8) is 0 Å². The van der Waals surface area contributed by atoms with E-state index in [0.29, 0.717) is 42.0 Å². The van der Waals surface area contributed by atoms with E-state index < -0.39 is 11.6 Å². The molecule has 3 heterocycles. The van der Waals surface area contributed by atoms with Crippen LogP contribution in [0.3, 0.4) is 0 Å². The van der Waals surface area contributed by atoms with E-state index in [1.54, 1.807) is 23.1 Å². The second kappa shape index (κ2) is 7.88. The molecule has 2 N–H and O–H groups in total. The predicted molar refractivity (Wildman–Crippen MR) is 103 cm³/mol. The van der Waals surface area contributed by atoms with Crippen molar-refractivity contribution in [1.82, 2.24) is 19.7 Å². The Hall–Kier alpha value is -3.46. The highest BCUT2D eigenvalue weighted by atomic mass is 19.1. The smallest absolute Gasteiger partial charge is 0.418 e. The maximum absolute atomic E-state index is 13.2. The van der Waals surface area contributed by atoms with Gasteiger partial charge in [-0.2, -0.15) is 5.10 Å². The number of oxazole rings is 1. The lowest BCUT2D eigenvalue weighted by Crippen LogP contribution is -2.03. The van der Waals surface area contributed by atoms with Crippen LogP contribution in [0.4, 0.5) is 4.39 Å². The molecule has 0 bridgehead atoms. The number of rotatable bonds is 7. The Bertz CT molecular complexity index is 1210. The third-order valence-corrected chi connectivity index (χ3v) is 4.60. The molecule has 0 radical (unpaired) electrons. The van der Waals surface area contributed by atoms with Crippen LogP contribution in [0, 0.1) is 5.82 Å². The van der Waals surface area contributed by atoms with Crippen LogP contribution in [0.2, 0.25) is 0 Å². The molecule has 0 spiro atoms. The number of halogens is 1. The van der Waals surface area contributed by atoms with Gasteiger partial charge in [0.25, 0.3) is 0 Å². The molecule has 1 aromatic carbocycles. The van der Waals surface area contributed by atoms with Crippen LogP contribution in [0.1, 0.15) is 17.5 Å². The largest absolute Gasteiger partial charge is 0.493 e. The van der Waals surface area contributed by atoms with E-state index in [9.17, 15) is 14.3 Å². The SMILES string of the molecule is Cn1ncc(CCCOc2ccc(F)cc2CO)c1-c1cnc2[nH]c(=O)oc2c1. The number of pyridine rings is 1. The van der Waals surface area contributed by atoms with Crippen molar-refractivity contribution >= 4 is 11.2 Å². The van der Waals surface area contributed by atoms with Crippen molar-refractivity contribution in [1.29, 1.82) is 0 Å². The zero-order chi connectivity index (χ0) is 20.4. The van der Waals surface area contributed by atoms with Gasteiger partial charge in [0.2, 0.25) is 0 Å². The van der Waals surface area contributed by atoms with E-state index in [2.05, 4.69) is 15.1 Å². The van der Waals surface area contributed by atoms with Crippen molar-refractivity contribution in [2.75, 3.05) is 6.61 Å². The van der Waals surface area contributed by atoms with E-state index in [1.165, 1.54) is 18.2 Å². The summed E-state index contributed by atoms with van der Waals surface area (Å²) in [5.41, 5.74) is 3.86.